The van der Waals surface area contributed by atoms with Crippen molar-refractivity contribution in [2.45, 2.75) is 37.5 Å². The van der Waals surface area contributed by atoms with E-state index in [-0.39, 0.29) is 30.4 Å². The van der Waals surface area contributed by atoms with Crippen molar-refractivity contribution in [3.05, 3.63) is 32.2 Å². The molecule has 0 radical (unpaired) electrons. The molecule has 0 amide bonds. The van der Waals surface area contributed by atoms with E-state index in [1.807, 2.05) is 4.98 Å². The second-order valence-corrected chi connectivity index (χ2v) is 7.93. The van der Waals surface area contributed by atoms with Crippen molar-refractivity contribution in [2.24, 2.45) is 11.7 Å². The number of hydrogen-bond donors (Lipinski definition) is 3. The number of H-pyrrole nitrogens is 1. The molecule has 2 heterocycles. The van der Waals surface area contributed by atoms with Crippen LogP contribution in [-0.2, 0) is 0 Å². The molecule has 1 aliphatic carbocycles. The molecule has 1 aromatic heterocycles. The lowest BCUT2D eigenvalue weighted by Gasteiger charge is -2.26. The lowest BCUT2D eigenvalue weighted by molar-refractivity contribution is 0.148. The van der Waals surface area contributed by atoms with E-state index in [4.69, 9.17) is 10.5 Å². The zero-order valence-electron chi connectivity index (χ0n) is 16.6. The monoisotopic (exact) mass is 446 g/mol. The lowest BCUT2D eigenvalue weighted by atomic mass is 9.99. The molecular formula is C19H22F4N4O4. The molecule has 1 aliphatic heterocycles. The molecule has 3 atom stereocenters. The van der Waals surface area contributed by atoms with Gasteiger partial charge in [-0.3, -0.25) is 14.3 Å². The molecule has 170 valence electrons. The topological polar surface area (TPSA) is 114 Å². The van der Waals surface area contributed by atoms with Crippen molar-refractivity contribution in [3.8, 4) is 5.75 Å². The number of methoxy groups -OCH3 is 1. The van der Waals surface area contributed by atoms with Crippen LogP contribution < -0.4 is 26.6 Å². The summed E-state index contributed by atoms with van der Waals surface area (Å²) in [5.74, 6) is -2.58. The molecule has 2 fully saturated rings. The van der Waals surface area contributed by atoms with Crippen LogP contribution in [0.5, 0.6) is 5.75 Å². The Morgan fingerprint density at radius 1 is 1.29 bits per heavy atom. The van der Waals surface area contributed by atoms with E-state index in [0.717, 1.165) is 11.7 Å². The summed E-state index contributed by atoms with van der Waals surface area (Å²) in [4.78, 5) is 28.1. The van der Waals surface area contributed by atoms with Gasteiger partial charge in [0.2, 0.25) is 0 Å². The highest BCUT2D eigenvalue weighted by Gasteiger charge is 2.41. The van der Waals surface area contributed by atoms with Crippen molar-refractivity contribution < 1.29 is 27.4 Å². The molecule has 1 saturated carbocycles. The second kappa shape index (κ2) is 7.83. The van der Waals surface area contributed by atoms with E-state index in [1.165, 1.54) is 4.90 Å². The first-order chi connectivity index (χ1) is 14.7. The number of halogens is 4. The van der Waals surface area contributed by atoms with Crippen molar-refractivity contribution in [2.75, 3.05) is 31.7 Å². The van der Waals surface area contributed by atoms with Crippen molar-refractivity contribution in [3.63, 3.8) is 0 Å². The van der Waals surface area contributed by atoms with Gasteiger partial charge >= 0.3 is 5.69 Å². The van der Waals surface area contributed by atoms with Gasteiger partial charge in [0.05, 0.1) is 24.7 Å². The van der Waals surface area contributed by atoms with Gasteiger partial charge in [0.15, 0.2) is 11.6 Å². The van der Waals surface area contributed by atoms with E-state index in [2.05, 4.69) is 0 Å². The third kappa shape index (κ3) is 3.37. The Morgan fingerprint density at radius 3 is 2.52 bits per heavy atom. The summed E-state index contributed by atoms with van der Waals surface area (Å²) in [7, 11) is 1.16. The van der Waals surface area contributed by atoms with Crippen molar-refractivity contribution in [1.82, 2.24) is 9.55 Å². The van der Waals surface area contributed by atoms with Gasteiger partial charge in [-0.1, -0.05) is 0 Å². The van der Waals surface area contributed by atoms with Gasteiger partial charge in [-0.15, -0.1) is 0 Å². The molecule has 0 spiro atoms. The van der Waals surface area contributed by atoms with E-state index in [0.29, 0.717) is 12.8 Å². The average molecular weight is 446 g/mol. The highest BCUT2D eigenvalue weighted by atomic mass is 19.3. The smallest absolute Gasteiger partial charge is 0.329 e. The number of aliphatic hydroxyl groups is 1. The van der Waals surface area contributed by atoms with Crippen LogP contribution in [-0.4, -0.2) is 53.7 Å². The molecule has 8 nitrogen and oxygen atoms in total. The fraction of sp³-hybridized carbons (Fsp3) is 0.579. The van der Waals surface area contributed by atoms with Gasteiger partial charge in [0.25, 0.3) is 12.0 Å². The van der Waals surface area contributed by atoms with Crippen LogP contribution in [0.2, 0.25) is 0 Å². The Bertz CT molecular complexity index is 1130. The third-order valence-electron chi connectivity index (χ3n) is 5.99. The van der Waals surface area contributed by atoms with Crippen LogP contribution in [0.15, 0.2) is 9.59 Å². The first-order valence-corrected chi connectivity index (χ1v) is 9.82. The minimum Gasteiger partial charge on any atom is -0.492 e. The number of hydrogen-bond acceptors (Lipinski definition) is 6. The minimum absolute atomic E-state index is 0.165. The summed E-state index contributed by atoms with van der Waals surface area (Å²) in [5, 5.41) is 8.60. The minimum atomic E-state index is -3.38. The van der Waals surface area contributed by atoms with E-state index in [9.17, 15) is 27.9 Å². The summed E-state index contributed by atoms with van der Waals surface area (Å²) in [6, 6.07) is -1.29. The zero-order valence-corrected chi connectivity index (χ0v) is 16.6. The number of aliphatic hydroxyl groups excluding tert-OH is 1. The number of fused-ring (bicyclic) bond motifs is 1. The SMILES string of the molecule is COc1c(N2CC(F)C(C(N)CO)C2)c(F)c(C(F)F)c2c(=O)[nH]c(=O)n(C3CC3)c12. The van der Waals surface area contributed by atoms with E-state index >= 15 is 4.39 Å². The van der Waals surface area contributed by atoms with Crippen LogP contribution in [0.25, 0.3) is 10.9 Å². The van der Waals surface area contributed by atoms with Gasteiger partial charge < -0.3 is 20.5 Å². The van der Waals surface area contributed by atoms with Crippen molar-refractivity contribution in [1.29, 1.82) is 0 Å². The number of ether oxygens (including phenoxy) is 1. The fourth-order valence-electron chi connectivity index (χ4n) is 4.34. The maximum Gasteiger partial charge on any atom is 0.329 e. The quantitative estimate of drug-likeness (QED) is 0.575. The Balaban J connectivity index is 2.05. The number of nitrogens with zero attached hydrogens (tertiary/aromatic N) is 2. The lowest BCUT2D eigenvalue weighted by Crippen LogP contribution is -2.39. The van der Waals surface area contributed by atoms with Crippen molar-refractivity contribution >= 4 is 16.6 Å². The van der Waals surface area contributed by atoms with Gasteiger partial charge in [-0.05, 0) is 12.8 Å². The maximum absolute atomic E-state index is 15.5. The molecule has 1 saturated heterocycles. The first kappa shape index (κ1) is 21.6. The van der Waals surface area contributed by atoms with Crippen LogP contribution in [0, 0.1) is 11.7 Å². The molecule has 31 heavy (non-hydrogen) atoms. The van der Waals surface area contributed by atoms with Crippen LogP contribution in [0.4, 0.5) is 23.2 Å². The number of benzene rings is 1. The van der Waals surface area contributed by atoms with Gasteiger partial charge in [-0.25, -0.2) is 22.4 Å². The number of alkyl halides is 3. The summed E-state index contributed by atoms with van der Waals surface area (Å²) in [6.07, 6.45) is -3.78. The Labute approximate surface area is 173 Å². The van der Waals surface area contributed by atoms with E-state index in [1.54, 1.807) is 0 Å². The highest BCUT2D eigenvalue weighted by Crippen LogP contribution is 2.47. The van der Waals surface area contributed by atoms with Gasteiger partial charge in [-0.2, -0.15) is 0 Å². The molecule has 12 heteroatoms. The third-order valence-corrected chi connectivity index (χ3v) is 5.99. The standard InChI is InChI=1S/C19H22F4N4O4/c1-31-16-14-12(18(29)25-19(30)27(14)7-2-3-7)11(17(22)23)13(21)15(16)26-4-8(9(20)5-26)10(24)6-28/h7-10,17,28H,2-6,24H2,1H3,(H,25,29,30). The number of anilines is 1. The summed E-state index contributed by atoms with van der Waals surface area (Å²) < 4.78 is 64.4. The Kier molecular flexibility index (Phi) is 5.46. The predicted molar refractivity (Wildman–Crippen MR) is 104 cm³/mol. The molecule has 3 unspecified atom stereocenters. The summed E-state index contributed by atoms with van der Waals surface area (Å²) in [5.41, 5.74) is 1.90. The largest absolute Gasteiger partial charge is 0.492 e. The van der Waals surface area contributed by atoms with Crippen LogP contribution >= 0.6 is 0 Å². The predicted octanol–water partition coefficient (Wildman–Crippen LogP) is 1.20. The molecule has 4 rings (SSSR count). The molecule has 2 aromatic rings. The normalized spacial score (nSPS) is 22.5. The molecule has 2 aliphatic rings. The molecule has 1 aromatic carbocycles. The Morgan fingerprint density at radius 2 is 1.97 bits per heavy atom. The first-order valence-electron chi connectivity index (χ1n) is 9.82. The maximum atomic E-state index is 15.5. The zero-order chi connectivity index (χ0) is 22.6. The van der Waals surface area contributed by atoms with E-state index < -0.39 is 64.9 Å². The number of nitrogens with one attached hydrogen (secondary N) is 1. The van der Waals surface area contributed by atoms with Gasteiger partial charge in [0.1, 0.15) is 17.4 Å². The Hall–Kier alpha value is -2.60. The summed E-state index contributed by atoms with van der Waals surface area (Å²) >= 11 is 0. The molecular weight excluding hydrogens is 424 g/mol. The highest BCUT2D eigenvalue weighted by molar-refractivity contribution is 5.94. The number of rotatable bonds is 6. The number of aromatic amines is 1. The number of nitrogens with two attached hydrogens (primary N) is 1. The summed E-state index contributed by atoms with van der Waals surface area (Å²) in [6.45, 7) is -1.05. The van der Waals surface area contributed by atoms with Crippen LogP contribution in [0.1, 0.15) is 30.9 Å². The molecule has 0 bridgehead atoms. The van der Waals surface area contributed by atoms with Gasteiger partial charge in [0, 0.05) is 31.1 Å². The average Bonchev–Trinajstić information content (AvgIpc) is 3.47. The van der Waals surface area contributed by atoms with Crippen LogP contribution in [0.3, 0.4) is 0 Å². The fourth-order valence-corrected chi connectivity index (χ4v) is 4.34. The molecule has 4 N–H and O–H groups in total. The second-order valence-electron chi connectivity index (χ2n) is 7.93. The number of aromatic nitrogens is 2.